The molecule has 3 N–H and O–H groups in total. The highest BCUT2D eigenvalue weighted by atomic mass is 16.5. The maximum absolute atomic E-state index is 11.6. The number of amides is 1. The Labute approximate surface area is 99.3 Å². The summed E-state index contributed by atoms with van der Waals surface area (Å²) in [6.45, 7) is 0.284. The molecular weight excluding hydrogens is 222 g/mol. The Morgan fingerprint density at radius 2 is 2.12 bits per heavy atom. The van der Waals surface area contributed by atoms with Crippen molar-refractivity contribution in [2.45, 2.75) is 6.42 Å². The fourth-order valence-electron chi connectivity index (χ4n) is 1.32. The average Bonchev–Trinajstić information content (AvgIpc) is 2.39. The zero-order valence-corrected chi connectivity index (χ0v) is 9.54. The number of rotatable bonds is 4. The van der Waals surface area contributed by atoms with Crippen LogP contribution in [0.15, 0.2) is 35.5 Å². The van der Waals surface area contributed by atoms with Crippen molar-refractivity contribution in [2.24, 2.45) is 10.9 Å². The summed E-state index contributed by atoms with van der Waals surface area (Å²) >= 11 is 0. The molecule has 1 rings (SSSR count). The first kappa shape index (κ1) is 12.8. The molecule has 0 atom stereocenters. The molecule has 0 bridgehead atoms. The molecular formula is C11H15N3O3. The smallest absolute Gasteiger partial charge is 0.414 e. The van der Waals surface area contributed by atoms with Crippen LogP contribution in [0, 0.1) is 0 Å². The standard InChI is InChI=1S/C11H15N3O3/c1-17-11(15)14(8-7-10(12)13-16)9-5-3-2-4-6-9/h2-6,16H,7-8H2,1H3,(H2,12,13). The van der Waals surface area contributed by atoms with Gasteiger partial charge in [-0.05, 0) is 12.1 Å². The quantitative estimate of drug-likeness (QED) is 0.358. The number of carbonyl (C=O) groups is 1. The molecule has 0 aliphatic carbocycles. The Hall–Kier alpha value is -2.24. The van der Waals surface area contributed by atoms with Gasteiger partial charge in [-0.2, -0.15) is 0 Å². The molecule has 0 saturated carbocycles. The van der Waals surface area contributed by atoms with Crippen molar-refractivity contribution >= 4 is 17.6 Å². The third kappa shape index (κ3) is 3.67. The molecule has 0 heterocycles. The topological polar surface area (TPSA) is 88.2 Å². The van der Waals surface area contributed by atoms with Gasteiger partial charge >= 0.3 is 6.09 Å². The number of amidine groups is 1. The van der Waals surface area contributed by atoms with Crippen LogP contribution < -0.4 is 10.6 Å². The van der Waals surface area contributed by atoms with Crippen LogP contribution in [0.1, 0.15) is 6.42 Å². The first-order valence-electron chi connectivity index (χ1n) is 5.06. The number of methoxy groups -OCH3 is 1. The van der Waals surface area contributed by atoms with E-state index in [1.807, 2.05) is 18.2 Å². The van der Waals surface area contributed by atoms with Gasteiger partial charge in [-0.15, -0.1) is 0 Å². The van der Waals surface area contributed by atoms with Gasteiger partial charge in [0, 0.05) is 18.7 Å². The number of nitrogens with zero attached hydrogens (tertiary/aromatic N) is 2. The third-order valence-electron chi connectivity index (χ3n) is 2.18. The Morgan fingerprint density at radius 1 is 1.47 bits per heavy atom. The van der Waals surface area contributed by atoms with E-state index in [-0.39, 0.29) is 18.8 Å². The lowest BCUT2D eigenvalue weighted by atomic mass is 10.2. The van der Waals surface area contributed by atoms with Crippen LogP contribution in [-0.4, -0.2) is 30.8 Å². The fraction of sp³-hybridized carbons (Fsp3) is 0.273. The van der Waals surface area contributed by atoms with E-state index >= 15 is 0 Å². The van der Waals surface area contributed by atoms with E-state index in [2.05, 4.69) is 9.89 Å². The lowest BCUT2D eigenvalue weighted by molar-refractivity contribution is 0.179. The van der Waals surface area contributed by atoms with Gasteiger partial charge < -0.3 is 15.7 Å². The van der Waals surface area contributed by atoms with Crippen molar-refractivity contribution in [3.8, 4) is 0 Å². The summed E-state index contributed by atoms with van der Waals surface area (Å²) in [6, 6.07) is 9.04. The van der Waals surface area contributed by atoms with Gasteiger partial charge in [-0.25, -0.2) is 4.79 Å². The van der Waals surface area contributed by atoms with Crippen LogP contribution in [0.4, 0.5) is 10.5 Å². The minimum Gasteiger partial charge on any atom is -0.452 e. The van der Waals surface area contributed by atoms with Crippen molar-refractivity contribution in [3.63, 3.8) is 0 Å². The largest absolute Gasteiger partial charge is 0.452 e. The normalized spacial score (nSPS) is 11.0. The molecule has 0 aliphatic heterocycles. The number of oxime groups is 1. The number of para-hydroxylation sites is 1. The molecule has 6 nitrogen and oxygen atoms in total. The zero-order chi connectivity index (χ0) is 12.7. The van der Waals surface area contributed by atoms with E-state index < -0.39 is 6.09 Å². The summed E-state index contributed by atoms with van der Waals surface area (Å²) in [5.74, 6) is 0.0647. The summed E-state index contributed by atoms with van der Waals surface area (Å²) in [5, 5.41) is 11.3. The SMILES string of the molecule is COC(=O)N(CC/C(N)=N/O)c1ccccc1. The van der Waals surface area contributed by atoms with Crippen molar-refractivity contribution in [1.82, 2.24) is 0 Å². The molecule has 92 valence electrons. The predicted octanol–water partition coefficient (Wildman–Crippen LogP) is 1.40. The number of ether oxygens (including phenoxy) is 1. The number of hydrogen-bond donors (Lipinski definition) is 2. The number of hydrogen-bond acceptors (Lipinski definition) is 4. The highest BCUT2D eigenvalue weighted by Gasteiger charge is 2.15. The van der Waals surface area contributed by atoms with Gasteiger partial charge in [-0.3, -0.25) is 4.90 Å². The summed E-state index contributed by atoms with van der Waals surface area (Å²) in [4.78, 5) is 13.0. The minimum atomic E-state index is -0.484. The van der Waals surface area contributed by atoms with Gasteiger partial charge in [0.15, 0.2) is 0 Å². The summed E-state index contributed by atoms with van der Waals surface area (Å²) in [6.07, 6.45) is -0.220. The molecule has 1 amide bonds. The Morgan fingerprint density at radius 3 is 2.65 bits per heavy atom. The zero-order valence-electron chi connectivity index (χ0n) is 9.54. The van der Waals surface area contributed by atoms with Gasteiger partial charge in [-0.1, -0.05) is 23.4 Å². The third-order valence-corrected chi connectivity index (χ3v) is 2.18. The van der Waals surface area contributed by atoms with Crippen molar-refractivity contribution < 1.29 is 14.7 Å². The average molecular weight is 237 g/mol. The molecule has 0 fully saturated rings. The van der Waals surface area contributed by atoms with Crippen LogP contribution in [-0.2, 0) is 4.74 Å². The number of nitrogens with two attached hydrogens (primary N) is 1. The van der Waals surface area contributed by atoms with Crippen LogP contribution in [0.25, 0.3) is 0 Å². The maximum Gasteiger partial charge on any atom is 0.414 e. The highest BCUT2D eigenvalue weighted by Crippen LogP contribution is 2.14. The second-order valence-electron chi connectivity index (χ2n) is 3.30. The second kappa shape index (κ2) is 6.37. The van der Waals surface area contributed by atoms with Gasteiger partial charge in [0.2, 0.25) is 0 Å². The summed E-state index contributed by atoms with van der Waals surface area (Å²) < 4.78 is 4.68. The molecule has 17 heavy (non-hydrogen) atoms. The van der Waals surface area contributed by atoms with Crippen molar-refractivity contribution in [2.75, 3.05) is 18.6 Å². The van der Waals surface area contributed by atoms with Crippen LogP contribution >= 0.6 is 0 Å². The van der Waals surface area contributed by atoms with E-state index in [1.165, 1.54) is 12.0 Å². The molecule has 0 aliphatic rings. The first-order valence-corrected chi connectivity index (χ1v) is 5.06. The number of carbonyl (C=O) groups excluding carboxylic acids is 1. The molecule has 1 aromatic rings. The van der Waals surface area contributed by atoms with Gasteiger partial charge in [0.05, 0.1) is 7.11 Å². The van der Waals surface area contributed by atoms with Gasteiger partial charge in [0.25, 0.3) is 0 Å². The predicted molar refractivity (Wildman–Crippen MR) is 64.2 cm³/mol. The minimum absolute atomic E-state index is 0.0647. The van der Waals surface area contributed by atoms with Crippen molar-refractivity contribution in [1.29, 1.82) is 0 Å². The Kier molecular flexibility index (Phi) is 4.80. The molecule has 0 radical (unpaired) electrons. The summed E-state index contributed by atoms with van der Waals surface area (Å²) in [7, 11) is 1.31. The maximum atomic E-state index is 11.6. The van der Waals surface area contributed by atoms with E-state index in [0.29, 0.717) is 5.69 Å². The molecule has 6 heteroatoms. The fourth-order valence-corrected chi connectivity index (χ4v) is 1.32. The Balaban J connectivity index is 2.78. The Bertz CT molecular complexity index is 392. The van der Waals surface area contributed by atoms with E-state index in [0.717, 1.165) is 0 Å². The summed E-state index contributed by atoms with van der Waals surface area (Å²) in [5.41, 5.74) is 6.06. The van der Waals surface area contributed by atoms with Crippen LogP contribution in [0.3, 0.4) is 0 Å². The molecule has 1 aromatic carbocycles. The lowest BCUT2D eigenvalue weighted by Gasteiger charge is -2.20. The molecule has 0 unspecified atom stereocenters. The van der Waals surface area contributed by atoms with E-state index in [4.69, 9.17) is 10.9 Å². The van der Waals surface area contributed by atoms with E-state index in [1.54, 1.807) is 12.1 Å². The number of benzene rings is 1. The van der Waals surface area contributed by atoms with Crippen LogP contribution in [0.5, 0.6) is 0 Å². The molecule has 0 saturated heterocycles. The first-order chi connectivity index (χ1) is 8.19. The second-order valence-corrected chi connectivity index (χ2v) is 3.30. The molecule has 0 spiro atoms. The highest BCUT2D eigenvalue weighted by molar-refractivity contribution is 5.89. The van der Waals surface area contributed by atoms with Crippen LogP contribution in [0.2, 0.25) is 0 Å². The van der Waals surface area contributed by atoms with Crippen molar-refractivity contribution in [3.05, 3.63) is 30.3 Å². The lowest BCUT2D eigenvalue weighted by Crippen LogP contribution is -2.33. The van der Waals surface area contributed by atoms with Gasteiger partial charge in [0.1, 0.15) is 5.84 Å². The molecule has 0 aromatic heterocycles. The van der Waals surface area contributed by atoms with E-state index in [9.17, 15) is 4.79 Å². The monoisotopic (exact) mass is 237 g/mol. The number of anilines is 1.